The summed E-state index contributed by atoms with van der Waals surface area (Å²) in [5.41, 5.74) is 0.920. The summed E-state index contributed by atoms with van der Waals surface area (Å²) >= 11 is 9.23. The van der Waals surface area contributed by atoms with Gasteiger partial charge in [-0.05, 0) is 57.9 Å². The van der Waals surface area contributed by atoms with Gasteiger partial charge in [0, 0.05) is 10.7 Å². The molecule has 0 atom stereocenters. The van der Waals surface area contributed by atoms with Crippen LogP contribution in [0.5, 0.6) is 11.5 Å². The summed E-state index contributed by atoms with van der Waals surface area (Å²) in [5, 5.41) is 21.1. The number of benzene rings is 2. The normalized spacial score (nSPS) is 10.5. The molecule has 27 heavy (non-hydrogen) atoms. The third-order valence-corrected chi connectivity index (χ3v) is 4.12. The van der Waals surface area contributed by atoms with Gasteiger partial charge in [-0.1, -0.05) is 17.7 Å². The van der Waals surface area contributed by atoms with E-state index in [1.165, 1.54) is 13.2 Å². The van der Waals surface area contributed by atoms with Crippen LogP contribution >= 0.6 is 27.5 Å². The molecule has 0 heterocycles. The maximum atomic E-state index is 12.4. The molecule has 0 radical (unpaired) electrons. The second-order valence-electron chi connectivity index (χ2n) is 5.12. The van der Waals surface area contributed by atoms with Crippen molar-refractivity contribution in [3.05, 3.63) is 57.0 Å². The molecule has 0 saturated heterocycles. The number of nitrogens with zero attached hydrogens (tertiary/aromatic N) is 2. The molecule has 136 valence electrons. The second kappa shape index (κ2) is 9.63. The topological polar surface area (TPSA) is 95.1 Å². The standard InChI is InChI=1S/C19H13BrClN3O3/c1-26-17-9-12(8-16(20)18(17)27-6-5-22)7-13(11-23)19(25)24-15-4-2-3-14(21)10-15/h2-4,7-10H,6H2,1H3,(H,24,25)/b13-7+. The molecule has 8 heteroatoms. The van der Waals surface area contributed by atoms with E-state index in [0.717, 1.165) is 0 Å². The van der Waals surface area contributed by atoms with Crippen molar-refractivity contribution in [3.63, 3.8) is 0 Å². The molecule has 0 aliphatic carbocycles. The molecule has 0 fully saturated rings. The number of nitrogens with one attached hydrogen (secondary N) is 1. The number of nitriles is 2. The Morgan fingerprint density at radius 3 is 2.74 bits per heavy atom. The van der Waals surface area contributed by atoms with E-state index in [1.807, 2.05) is 12.1 Å². The predicted molar refractivity (Wildman–Crippen MR) is 105 cm³/mol. The lowest BCUT2D eigenvalue weighted by Gasteiger charge is -2.11. The van der Waals surface area contributed by atoms with Crippen LogP contribution in [0.2, 0.25) is 5.02 Å². The summed E-state index contributed by atoms with van der Waals surface area (Å²) in [6.45, 7) is -0.143. The number of anilines is 1. The molecule has 0 unspecified atom stereocenters. The van der Waals surface area contributed by atoms with Crippen molar-refractivity contribution in [1.29, 1.82) is 10.5 Å². The lowest BCUT2D eigenvalue weighted by molar-refractivity contribution is -0.112. The maximum Gasteiger partial charge on any atom is 0.266 e. The van der Waals surface area contributed by atoms with Gasteiger partial charge in [-0.3, -0.25) is 4.79 Å². The number of rotatable bonds is 6. The zero-order valence-electron chi connectivity index (χ0n) is 14.1. The number of carbonyl (C=O) groups excluding carboxylic acids is 1. The molecule has 1 amide bonds. The highest BCUT2D eigenvalue weighted by molar-refractivity contribution is 9.10. The molecule has 0 spiro atoms. The van der Waals surface area contributed by atoms with Crippen molar-refractivity contribution in [2.45, 2.75) is 0 Å². The third-order valence-electron chi connectivity index (χ3n) is 3.29. The van der Waals surface area contributed by atoms with Crippen molar-refractivity contribution in [2.75, 3.05) is 19.0 Å². The zero-order valence-corrected chi connectivity index (χ0v) is 16.5. The largest absolute Gasteiger partial charge is 0.493 e. The number of hydrogen-bond acceptors (Lipinski definition) is 5. The Labute approximate surface area is 169 Å². The van der Waals surface area contributed by atoms with Gasteiger partial charge in [0.05, 0.1) is 11.6 Å². The summed E-state index contributed by atoms with van der Waals surface area (Å²) < 4.78 is 11.1. The second-order valence-corrected chi connectivity index (χ2v) is 6.41. The third kappa shape index (κ3) is 5.49. The van der Waals surface area contributed by atoms with Gasteiger partial charge in [0.15, 0.2) is 18.1 Å². The van der Waals surface area contributed by atoms with Crippen LogP contribution in [0.15, 0.2) is 46.4 Å². The molecule has 0 aliphatic heterocycles. The number of carbonyl (C=O) groups is 1. The number of hydrogen-bond donors (Lipinski definition) is 1. The van der Waals surface area contributed by atoms with Crippen molar-refractivity contribution in [2.24, 2.45) is 0 Å². The Morgan fingerprint density at radius 1 is 1.33 bits per heavy atom. The highest BCUT2D eigenvalue weighted by Gasteiger charge is 2.14. The number of amides is 1. The van der Waals surface area contributed by atoms with Gasteiger partial charge in [-0.25, -0.2) is 0 Å². The van der Waals surface area contributed by atoms with Crippen LogP contribution in [0.25, 0.3) is 6.08 Å². The Balaban J connectivity index is 2.31. The summed E-state index contributed by atoms with van der Waals surface area (Å²) in [6.07, 6.45) is 1.42. The molecule has 6 nitrogen and oxygen atoms in total. The number of ether oxygens (including phenoxy) is 2. The summed E-state index contributed by atoms with van der Waals surface area (Å²) in [6, 6.07) is 13.6. The highest BCUT2D eigenvalue weighted by atomic mass is 79.9. The molecule has 0 aliphatic rings. The predicted octanol–water partition coefficient (Wildman–Crippen LogP) is 4.56. The van der Waals surface area contributed by atoms with Crippen LogP contribution < -0.4 is 14.8 Å². The van der Waals surface area contributed by atoms with Crippen LogP contribution in [0.3, 0.4) is 0 Å². The van der Waals surface area contributed by atoms with Gasteiger partial charge in [0.1, 0.15) is 17.7 Å². The first-order valence-corrected chi connectivity index (χ1v) is 8.71. The lowest BCUT2D eigenvalue weighted by atomic mass is 10.1. The Kier molecular flexibility index (Phi) is 7.25. The van der Waals surface area contributed by atoms with Gasteiger partial charge in [0.2, 0.25) is 0 Å². The molecule has 2 aromatic rings. The van der Waals surface area contributed by atoms with Crippen molar-refractivity contribution in [3.8, 4) is 23.6 Å². The Bertz CT molecular complexity index is 977. The van der Waals surface area contributed by atoms with Crippen LogP contribution in [0.1, 0.15) is 5.56 Å². The van der Waals surface area contributed by atoms with E-state index in [2.05, 4.69) is 21.2 Å². The number of methoxy groups -OCH3 is 1. The fraction of sp³-hybridized carbons (Fsp3) is 0.105. The minimum Gasteiger partial charge on any atom is -0.493 e. The summed E-state index contributed by atoms with van der Waals surface area (Å²) in [4.78, 5) is 12.4. The highest BCUT2D eigenvalue weighted by Crippen LogP contribution is 2.37. The van der Waals surface area contributed by atoms with E-state index in [0.29, 0.717) is 32.2 Å². The van der Waals surface area contributed by atoms with Gasteiger partial charge in [-0.2, -0.15) is 10.5 Å². The molecule has 1 N–H and O–H groups in total. The van der Waals surface area contributed by atoms with E-state index in [1.54, 1.807) is 36.4 Å². The summed E-state index contributed by atoms with van der Waals surface area (Å²) in [7, 11) is 1.45. The van der Waals surface area contributed by atoms with E-state index in [4.69, 9.17) is 26.3 Å². The van der Waals surface area contributed by atoms with Crippen LogP contribution in [0, 0.1) is 22.7 Å². The minimum absolute atomic E-state index is 0.102. The van der Waals surface area contributed by atoms with Gasteiger partial charge in [-0.15, -0.1) is 0 Å². The fourth-order valence-corrected chi connectivity index (χ4v) is 2.91. The van der Waals surface area contributed by atoms with E-state index < -0.39 is 5.91 Å². The average molecular weight is 447 g/mol. The smallest absolute Gasteiger partial charge is 0.266 e. The van der Waals surface area contributed by atoms with E-state index in [9.17, 15) is 10.1 Å². The SMILES string of the molecule is COc1cc(/C=C(\C#N)C(=O)Nc2cccc(Cl)c2)cc(Br)c1OCC#N. The lowest BCUT2D eigenvalue weighted by Crippen LogP contribution is -2.13. The van der Waals surface area contributed by atoms with Gasteiger partial charge in [0.25, 0.3) is 5.91 Å². The first kappa shape index (κ1) is 20.3. The van der Waals surface area contributed by atoms with Crippen LogP contribution in [-0.2, 0) is 4.79 Å². The van der Waals surface area contributed by atoms with Gasteiger partial charge < -0.3 is 14.8 Å². The number of halogens is 2. The molecular formula is C19H13BrClN3O3. The van der Waals surface area contributed by atoms with Crippen LogP contribution in [-0.4, -0.2) is 19.6 Å². The maximum absolute atomic E-state index is 12.4. The Hall–Kier alpha value is -3.00. The zero-order chi connectivity index (χ0) is 19.8. The van der Waals surface area contributed by atoms with E-state index >= 15 is 0 Å². The van der Waals surface area contributed by atoms with Crippen molar-refractivity contribution in [1.82, 2.24) is 0 Å². The first-order valence-electron chi connectivity index (χ1n) is 7.54. The van der Waals surface area contributed by atoms with E-state index in [-0.39, 0.29) is 12.2 Å². The van der Waals surface area contributed by atoms with Crippen molar-refractivity contribution < 1.29 is 14.3 Å². The average Bonchev–Trinajstić information content (AvgIpc) is 2.64. The van der Waals surface area contributed by atoms with Gasteiger partial charge >= 0.3 is 0 Å². The fourth-order valence-electron chi connectivity index (χ4n) is 2.15. The Morgan fingerprint density at radius 2 is 2.11 bits per heavy atom. The molecule has 2 aromatic carbocycles. The quantitative estimate of drug-likeness (QED) is 0.518. The van der Waals surface area contributed by atoms with Crippen molar-refractivity contribution >= 4 is 45.2 Å². The molecule has 0 bridgehead atoms. The monoisotopic (exact) mass is 445 g/mol. The molecule has 0 saturated carbocycles. The molecular weight excluding hydrogens is 434 g/mol. The van der Waals surface area contributed by atoms with Crippen LogP contribution in [0.4, 0.5) is 5.69 Å². The minimum atomic E-state index is -0.570. The first-order chi connectivity index (χ1) is 13.0. The molecule has 2 rings (SSSR count). The summed E-state index contributed by atoms with van der Waals surface area (Å²) in [5.74, 6) is 0.149. The molecule has 0 aromatic heterocycles.